The molecule has 7 nitrogen and oxygen atoms in total. The highest BCUT2D eigenvalue weighted by Gasteiger charge is 2.25. The van der Waals surface area contributed by atoms with Gasteiger partial charge in [0.25, 0.3) is 15.1 Å². The van der Waals surface area contributed by atoms with E-state index in [1.807, 2.05) is 28.8 Å². The van der Waals surface area contributed by atoms with E-state index in [0.717, 1.165) is 49.4 Å². The second-order valence-electron chi connectivity index (χ2n) is 8.59. The molecule has 11 heteroatoms. The number of carbonyl (C=O) groups is 1. The third-order valence-electron chi connectivity index (χ3n) is 6.05. The van der Waals surface area contributed by atoms with Gasteiger partial charge in [-0.15, -0.1) is 0 Å². The Morgan fingerprint density at radius 3 is 2.62 bits per heavy atom. The van der Waals surface area contributed by atoms with Gasteiger partial charge in [-0.05, 0) is 61.7 Å². The molecule has 0 atom stereocenters. The maximum atomic E-state index is 11.6. The highest BCUT2D eigenvalue weighted by molar-refractivity contribution is 8.03. The lowest BCUT2D eigenvalue weighted by atomic mass is 10.1. The van der Waals surface area contributed by atoms with Crippen LogP contribution >= 0.6 is 34.7 Å². The summed E-state index contributed by atoms with van der Waals surface area (Å²) in [5.74, 6) is -1.30. The van der Waals surface area contributed by atoms with E-state index >= 15 is 0 Å². The molecule has 0 saturated carbocycles. The molecule has 2 N–H and O–H groups in total. The van der Waals surface area contributed by atoms with E-state index in [9.17, 15) is 18.3 Å². The molecule has 0 saturated heterocycles. The molecule has 0 unspecified atom stereocenters. The number of nitrogens with zero attached hydrogens (tertiary/aromatic N) is 2. The number of carboxylic acid groups (broad SMARTS) is 1. The van der Waals surface area contributed by atoms with Crippen molar-refractivity contribution in [1.29, 1.82) is 0 Å². The molecule has 0 bridgehead atoms. The largest absolute Gasteiger partial charge is 0.478 e. The van der Waals surface area contributed by atoms with Crippen LogP contribution in [0.1, 0.15) is 48.5 Å². The van der Waals surface area contributed by atoms with Crippen LogP contribution in [0.25, 0.3) is 16.3 Å². The molecule has 0 spiro atoms. The zero-order chi connectivity index (χ0) is 26.7. The van der Waals surface area contributed by atoms with E-state index in [-0.39, 0.29) is 11.3 Å². The minimum Gasteiger partial charge on any atom is -0.478 e. The monoisotopic (exact) mass is 579 g/mol. The fraction of sp³-hybridized carbons (Fsp3) is 0.308. The zero-order valence-corrected chi connectivity index (χ0v) is 23.7. The van der Waals surface area contributed by atoms with Crippen molar-refractivity contribution in [2.45, 2.75) is 44.6 Å². The fourth-order valence-electron chi connectivity index (χ4n) is 4.20. The van der Waals surface area contributed by atoms with Crippen LogP contribution in [-0.2, 0) is 16.7 Å². The van der Waals surface area contributed by atoms with Gasteiger partial charge in [-0.2, -0.15) is 13.0 Å². The van der Waals surface area contributed by atoms with Crippen molar-refractivity contribution in [3.05, 3.63) is 68.7 Å². The van der Waals surface area contributed by atoms with Crippen molar-refractivity contribution in [2.75, 3.05) is 17.2 Å². The number of aryl methyl sites for hydroxylation is 1. The number of thioether (sulfide) groups is 1. The normalized spacial score (nSPS) is 15.1. The van der Waals surface area contributed by atoms with Crippen LogP contribution in [0.4, 0.5) is 5.69 Å². The van der Waals surface area contributed by atoms with Gasteiger partial charge in [0, 0.05) is 35.0 Å². The Kier molecular flexibility index (Phi) is 8.65. The summed E-state index contributed by atoms with van der Waals surface area (Å²) < 4.78 is 34.4. The second kappa shape index (κ2) is 11.6. The molecule has 0 amide bonds. The number of allylic oxidation sites excluding steroid dienone is 2. The SMILES string of the molecule is CCC(=Cc1sc2ccc(C(=O)O)cc2[n+]1CCCCS(=O)(=O)O)C=C1Sc2ccc(Cl)cc2N1CC. The quantitative estimate of drug-likeness (QED) is 0.161. The molecule has 37 heavy (non-hydrogen) atoms. The van der Waals surface area contributed by atoms with Crippen LogP contribution in [0, 0.1) is 0 Å². The van der Waals surface area contributed by atoms with E-state index in [0.29, 0.717) is 24.4 Å². The topological polar surface area (TPSA) is 98.8 Å². The highest BCUT2D eigenvalue weighted by Crippen LogP contribution is 2.47. The number of carboxylic acids is 1. The van der Waals surface area contributed by atoms with Gasteiger partial charge in [0.2, 0.25) is 5.52 Å². The molecule has 1 aliphatic heterocycles. The summed E-state index contributed by atoms with van der Waals surface area (Å²) in [4.78, 5) is 15.0. The van der Waals surface area contributed by atoms with Gasteiger partial charge < -0.3 is 10.0 Å². The Bertz CT molecular complexity index is 1510. The van der Waals surface area contributed by atoms with Gasteiger partial charge in [0.1, 0.15) is 4.70 Å². The number of aromatic nitrogens is 1. The van der Waals surface area contributed by atoms with Gasteiger partial charge in [0.05, 0.1) is 22.0 Å². The lowest BCUT2D eigenvalue weighted by molar-refractivity contribution is -0.669. The first-order chi connectivity index (χ1) is 17.6. The van der Waals surface area contributed by atoms with Crippen LogP contribution in [0.5, 0.6) is 0 Å². The molecular formula is C26H28ClN2O5S3+. The van der Waals surface area contributed by atoms with Crippen LogP contribution in [0.3, 0.4) is 0 Å². The number of thiazole rings is 1. The van der Waals surface area contributed by atoms with Gasteiger partial charge >= 0.3 is 5.97 Å². The van der Waals surface area contributed by atoms with E-state index in [1.54, 1.807) is 35.2 Å². The second-order valence-corrected chi connectivity index (χ2v) is 12.7. The smallest absolute Gasteiger partial charge is 0.335 e. The zero-order valence-electron chi connectivity index (χ0n) is 20.5. The molecule has 0 fully saturated rings. The first kappa shape index (κ1) is 27.7. The molecule has 1 aliphatic rings. The Morgan fingerprint density at radius 1 is 1.16 bits per heavy atom. The van der Waals surface area contributed by atoms with Crippen molar-refractivity contribution in [3.8, 4) is 0 Å². The van der Waals surface area contributed by atoms with Crippen molar-refractivity contribution in [3.63, 3.8) is 0 Å². The summed E-state index contributed by atoms with van der Waals surface area (Å²) in [6.07, 6.45) is 5.91. The molecule has 0 radical (unpaired) electrons. The van der Waals surface area contributed by atoms with E-state index in [4.69, 9.17) is 16.2 Å². The predicted molar refractivity (Wildman–Crippen MR) is 151 cm³/mol. The van der Waals surface area contributed by atoms with Crippen molar-refractivity contribution in [2.24, 2.45) is 0 Å². The molecule has 1 aromatic heterocycles. The lowest BCUT2D eigenvalue weighted by Crippen LogP contribution is -2.35. The Balaban J connectivity index is 1.72. The lowest BCUT2D eigenvalue weighted by Gasteiger charge is -2.18. The number of benzene rings is 2. The number of hydrogen-bond acceptors (Lipinski definition) is 6. The molecule has 196 valence electrons. The number of unbranched alkanes of at least 4 members (excludes halogenated alkanes) is 1. The van der Waals surface area contributed by atoms with Crippen molar-refractivity contribution >= 4 is 72.8 Å². The van der Waals surface area contributed by atoms with Crippen LogP contribution < -0.4 is 9.47 Å². The number of rotatable bonds is 10. The number of halogens is 1. The van der Waals surface area contributed by atoms with E-state index in [1.165, 1.54) is 0 Å². The maximum absolute atomic E-state index is 11.6. The minimum absolute atomic E-state index is 0.197. The Hall–Kier alpha value is -2.37. The average molecular weight is 580 g/mol. The van der Waals surface area contributed by atoms with E-state index < -0.39 is 16.1 Å². The van der Waals surface area contributed by atoms with E-state index in [2.05, 4.69) is 30.9 Å². The molecule has 4 rings (SSSR count). The summed E-state index contributed by atoms with van der Waals surface area (Å²) in [6.45, 7) is 5.50. The van der Waals surface area contributed by atoms with Crippen LogP contribution in [-0.4, -0.2) is 36.3 Å². The predicted octanol–water partition coefficient (Wildman–Crippen LogP) is 6.48. The van der Waals surface area contributed by atoms with Gasteiger partial charge in [0.15, 0.2) is 6.54 Å². The molecule has 2 heterocycles. The first-order valence-corrected chi connectivity index (χ1v) is 15.5. The molecule has 3 aromatic rings. The summed E-state index contributed by atoms with van der Waals surface area (Å²) in [5, 5.41) is 12.3. The van der Waals surface area contributed by atoms with Gasteiger partial charge in [-0.3, -0.25) is 4.55 Å². The maximum Gasteiger partial charge on any atom is 0.335 e. The van der Waals surface area contributed by atoms with Crippen molar-refractivity contribution in [1.82, 2.24) is 0 Å². The number of anilines is 1. The number of fused-ring (bicyclic) bond motifs is 2. The van der Waals surface area contributed by atoms with Gasteiger partial charge in [-0.1, -0.05) is 41.6 Å². The van der Waals surface area contributed by atoms with Gasteiger partial charge in [-0.25, -0.2) is 4.79 Å². The summed E-state index contributed by atoms with van der Waals surface area (Å²) >= 11 is 9.51. The standard InChI is InChI=1S/C26H27ClN2O5S3/c1-3-17(13-24-28(4-2)21-16-19(27)8-10-23(21)35-24)14-25-29(11-5-6-12-37(32,33)34)20-15-18(26(30)31)7-9-22(20)36-25/h7-10,13-16H,3-6,11-12H2,1-2H3,(H-,30,31,32,33,34)/p+1. The molecule has 0 aliphatic carbocycles. The third-order valence-corrected chi connectivity index (χ3v) is 9.31. The summed E-state index contributed by atoms with van der Waals surface area (Å²) in [7, 11) is -4.02. The fourth-order valence-corrected chi connectivity index (χ4v) is 7.26. The molecule has 2 aromatic carbocycles. The minimum atomic E-state index is -4.02. The average Bonchev–Trinajstić information content (AvgIpc) is 3.36. The first-order valence-electron chi connectivity index (χ1n) is 11.9. The highest BCUT2D eigenvalue weighted by atomic mass is 35.5. The summed E-state index contributed by atoms with van der Waals surface area (Å²) in [5.41, 5.74) is 3.19. The Morgan fingerprint density at radius 2 is 1.95 bits per heavy atom. The number of hydrogen-bond donors (Lipinski definition) is 2. The molecular weight excluding hydrogens is 552 g/mol. The van der Waals surface area contributed by atoms with Crippen molar-refractivity contribution < 1.29 is 27.4 Å². The Labute approximate surface area is 229 Å². The van der Waals surface area contributed by atoms with Crippen LogP contribution in [0.15, 0.2) is 58.0 Å². The number of aromatic carboxylic acids is 1. The summed E-state index contributed by atoms with van der Waals surface area (Å²) in [6, 6.07) is 11.0. The third kappa shape index (κ3) is 6.56. The van der Waals surface area contributed by atoms with Crippen LogP contribution in [0.2, 0.25) is 5.02 Å².